The molecule has 0 radical (unpaired) electrons. The maximum atomic E-state index is 5.64. The van der Waals surface area contributed by atoms with Crippen molar-refractivity contribution in [3.63, 3.8) is 0 Å². The number of nitrogens with one attached hydrogen (secondary N) is 4. The molecule has 8 rings (SSSR count). The Bertz CT molecular complexity index is 2240. The van der Waals surface area contributed by atoms with Crippen LogP contribution in [0.5, 0.6) is 23.0 Å². The SMILES string of the molecule is COc1ccnc(CCl)c1OC.COc1ccnc(CSc2nc3cc4nc[nH]c4cc3[nH]2)c1OC.S=c1[nH]c2cc3c(cc2[nH]1)N=CC3. The topological polar surface area (TPSA) is 164 Å². The standard InChI is InChI=1S/C16H15N5O2S.C9H7N3S.C8H10ClNO2/c1-22-14-3-4-17-13(15(14)23-2)7-24-16-20-11-5-9-10(19-8-18-9)6-12(11)21-16;13-9-11-7-3-5-1-2-10-6(5)4-8(7)12-9;1-11-7-3-4-10-6(5-9)8(7)12-2/h3-6,8H,7H2,1-2H3,(H,18,19)(H,20,21);2-4H,1H2,(H2,11,12,13);3-4H,5H2,1-2H3. The smallest absolute Gasteiger partial charge is 0.183 e. The van der Waals surface area contributed by atoms with Crippen molar-refractivity contribution < 1.29 is 18.9 Å². The number of halogens is 1. The van der Waals surface area contributed by atoms with E-state index in [1.807, 2.05) is 24.4 Å². The maximum Gasteiger partial charge on any atom is 0.183 e. The van der Waals surface area contributed by atoms with Crippen LogP contribution in [0.2, 0.25) is 0 Å². The Balaban J connectivity index is 0.000000140. The van der Waals surface area contributed by atoms with Crippen molar-refractivity contribution in [2.24, 2.45) is 4.99 Å². The van der Waals surface area contributed by atoms with Gasteiger partial charge in [-0.15, -0.1) is 11.6 Å². The lowest BCUT2D eigenvalue weighted by Gasteiger charge is -2.10. The summed E-state index contributed by atoms with van der Waals surface area (Å²) in [4.78, 5) is 34.1. The minimum Gasteiger partial charge on any atom is -0.493 e. The fourth-order valence-electron chi connectivity index (χ4n) is 5.16. The summed E-state index contributed by atoms with van der Waals surface area (Å²) < 4.78 is 21.5. The van der Waals surface area contributed by atoms with Crippen molar-refractivity contribution in [3.05, 3.63) is 76.8 Å². The van der Waals surface area contributed by atoms with E-state index in [1.165, 1.54) is 5.56 Å². The van der Waals surface area contributed by atoms with Crippen LogP contribution in [0.15, 0.2) is 65.3 Å². The molecule has 49 heavy (non-hydrogen) atoms. The third-order valence-electron chi connectivity index (χ3n) is 7.46. The number of nitrogens with zero attached hydrogens (tertiary/aromatic N) is 5. The number of aromatic nitrogens is 8. The van der Waals surface area contributed by atoms with Gasteiger partial charge in [-0.05, 0) is 42.0 Å². The van der Waals surface area contributed by atoms with Crippen LogP contribution in [0.3, 0.4) is 0 Å². The summed E-state index contributed by atoms with van der Waals surface area (Å²) >= 11 is 12.2. The molecule has 0 bridgehead atoms. The Labute approximate surface area is 294 Å². The van der Waals surface area contributed by atoms with Gasteiger partial charge in [-0.2, -0.15) is 0 Å². The zero-order valence-corrected chi connectivity index (χ0v) is 29.3. The van der Waals surface area contributed by atoms with Gasteiger partial charge < -0.3 is 38.9 Å². The Hall–Kier alpha value is -5.12. The number of methoxy groups -OCH3 is 4. The lowest BCUT2D eigenvalue weighted by molar-refractivity contribution is 0.350. The van der Waals surface area contributed by atoms with Crippen LogP contribution in [0.25, 0.3) is 33.1 Å². The average Bonchev–Trinajstić information content (AvgIpc) is 3.94. The van der Waals surface area contributed by atoms with E-state index >= 15 is 0 Å². The third-order valence-corrected chi connectivity index (χ3v) is 8.80. The molecule has 1 aliphatic rings. The molecule has 5 aromatic heterocycles. The van der Waals surface area contributed by atoms with Crippen LogP contribution >= 0.6 is 35.6 Å². The monoisotopic (exact) mass is 717 g/mol. The highest BCUT2D eigenvalue weighted by Crippen LogP contribution is 2.34. The number of aromatic amines is 4. The molecule has 7 aromatic rings. The van der Waals surface area contributed by atoms with Gasteiger partial charge in [0.15, 0.2) is 32.9 Å². The number of hydrogen-bond donors (Lipinski definition) is 4. The van der Waals surface area contributed by atoms with Crippen molar-refractivity contribution in [1.82, 2.24) is 39.9 Å². The van der Waals surface area contributed by atoms with E-state index in [4.69, 9.17) is 42.8 Å². The fraction of sp³-hybridized carbons (Fsp3) is 0.212. The van der Waals surface area contributed by atoms with Gasteiger partial charge in [0.2, 0.25) is 0 Å². The first-order valence-corrected chi connectivity index (χ1v) is 16.8. The second-order valence-electron chi connectivity index (χ2n) is 10.4. The summed E-state index contributed by atoms with van der Waals surface area (Å²) in [5.74, 6) is 3.53. The van der Waals surface area contributed by atoms with E-state index in [9.17, 15) is 0 Å². The van der Waals surface area contributed by atoms with E-state index in [0.29, 0.717) is 45.1 Å². The van der Waals surface area contributed by atoms with E-state index in [0.717, 1.165) is 56.1 Å². The van der Waals surface area contributed by atoms with Gasteiger partial charge in [0.1, 0.15) is 5.69 Å². The van der Waals surface area contributed by atoms with Gasteiger partial charge in [0, 0.05) is 42.9 Å². The highest BCUT2D eigenvalue weighted by molar-refractivity contribution is 7.98. The summed E-state index contributed by atoms with van der Waals surface area (Å²) in [7, 11) is 6.37. The molecule has 0 amide bonds. The summed E-state index contributed by atoms with van der Waals surface area (Å²) in [5, 5.41) is 0.823. The molecular formula is C33H32ClN9O4S2. The van der Waals surface area contributed by atoms with Crippen LogP contribution in [-0.2, 0) is 18.1 Å². The minimum absolute atomic E-state index is 0.320. The molecule has 0 spiro atoms. The Morgan fingerprint density at radius 2 is 1.47 bits per heavy atom. The first-order chi connectivity index (χ1) is 23.9. The largest absolute Gasteiger partial charge is 0.493 e. The molecule has 252 valence electrons. The summed E-state index contributed by atoms with van der Waals surface area (Å²) in [6.45, 7) is 0. The number of ether oxygens (including phenoxy) is 4. The number of H-pyrrole nitrogens is 4. The van der Waals surface area contributed by atoms with Crippen LogP contribution in [0.4, 0.5) is 5.69 Å². The number of benzene rings is 2. The normalized spacial score (nSPS) is 11.5. The van der Waals surface area contributed by atoms with Crippen molar-refractivity contribution >= 4 is 80.6 Å². The average molecular weight is 718 g/mol. The lowest BCUT2D eigenvalue weighted by Crippen LogP contribution is -1.97. The number of hydrogen-bond acceptors (Lipinski definition) is 11. The van der Waals surface area contributed by atoms with Crippen molar-refractivity contribution in [2.75, 3.05) is 28.4 Å². The highest BCUT2D eigenvalue weighted by Gasteiger charge is 2.14. The number of imidazole rings is 3. The van der Waals surface area contributed by atoms with Crippen LogP contribution in [0, 0.1) is 4.77 Å². The predicted octanol–water partition coefficient (Wildman–Crippen LogP) is 7.47. The van der Waals surface area contributed by atoms with Crippen molar-refractivity contribution in [1.29, 1.82) is 0 Å². The number of rotatable bonds is 8. The number of alkyl halides is 1. The van der Waals surface area contributed by atoms with Gasteiger partial charge in [0.25, 0.3) is 0 Å². The van der Waals surface area contributed by atoms with Crippen LogP contribution in [0.1, 0.15) is 17.0 Å². The van der Waals surface area contributed by atoms with Crippen LogP contribution in [-0.4, -0.2) is 74.5 Å². The van der Waals surface area contributed by atoms with Crippen molar-refractivity contribution in [3.8, 4) is 23.0 Å². The molecule has 4 N–H and O–H groups in total. The zero-order chi connectivity index (χ0) is 34.3. The first kappa shape index (κ1) is 33.8. The lowest BCUT2D eigenvalue weighted by atomic mass is 10.1. The Kier molecular flexibility index (Phi) is 10.6. The highest BCUT2D eigenvalue weighted by atomic mass is 35.5. The molecule has 0 saturated carbocycles. The summed E-state index contributed by atoms with van der Waals surface area (Å²) in [5.41, 5.74) is 9.67. The number of aliphatic imine (C=N–C) groups is 1. The fourth-order valence-corrected chi connectivity index (χ4v) is 6.40. The predicted molar refractivity (Wildman–Crippen MR) is 195 cm³/mol. The molecule has 0 saturated heterocycles. The molecule has 0 fully saturated rings. The number of fused-ring (bicyclic) bond motifs is 4. The number of pyridine rings is 2. The molecule has 0 aliphatic carbocycles. The van der Waals surface area contributed by atoms with Gasteiger partial charge in [-0.25, -0.2) is 9.97 Å². The first-order valence-electron chi connectivity index (χ1n) is 14.8. The second kappa shape index (κ2) is 15.4. The third kappa shape index (κ3) is 7.48. The zero-order valence-electron chi connectivity index (χ0n) is 27.0. The van der Waals surface area contributed by atoms with Gasteiger partial charge in [-0.3, -0.25) is 15.0 Å². The maximum absolute atomic E-state index is 5.64. The Morgan fingerprint density at radius 1 is 0.776 bits per heavy atom. The molecule has 0 atom stereocenters. The van der Waals surface area contributed by atoms with Crippen molar-refractivity contribution in [2.45, 2.75) is 23.2 Å². The van der Waals surface area contributed by atoms with Gasteiger partial charge in [-0.1, -0.05) is 11.8 Å². The molecular weight excluding hydrogens is 686 g/mol. The molecule has 16 heteroatoms. The molecule has 13 nitrogen and oxygen atoms in total. The summed E-state index contributed by atoms with van der Waals surface area (Å²) in [6.07, 6.45) is 7.89. The Morgan fingerprint density at radius 3 is 2.16 bits per heavy atom. The molecule has 0 unspecified atom stereocenters. The molecule has 2 aromatic carbocycles. The van der Waals surface area contributed by atoms with E-state index in [-0.39, 0.29) is 0 Å². The molecule has 1 aliphatic heterocycles. The van der Waals surface area contributed by atoms with Crippen LogP contribution < -0.4 is 18.9 Å². The number of thioether (sulfide) groups is 1. The van der Waals surface area contributed by atoms with Gasteiger partial charge in [0.05, 0.1) is 85.1 Å². The van der Waals surface area contributed by atoms with E-state index in [2.05, 4.69) is 50.9 Å². The quantitative estimate of drug-likeness (QED) is 0.0704. The minimum atomic E-state index is 0.320. The molecule has 6 heterocycles. The summed E-state index contributed by atoms with van der Waals surface area (Å²) in [6, 6.07) is 11.6. The van der Waals surface area contributed by atoms with E-state index < -0.39 is 0 Å². The van der Waals surface area contributed by atoms with Gasteiger partial charge >= 0.3 is 0 Å². The van der Waals surface area contributed by atoms with E-state index in [1.54, 1.807) is 71.1 Å². The second-order valence-corrected chi connectivity index (χ2v) is 12.0.